The Morgan fingerprint density at radius 2 is 1.90 bits per heavy atom. The molecule has 1 aromatic carbocycles. The second-order valence-electron chi connectivity index (χ2n) is 8.40. The van der Waals surface area contributed by atoms with E-state index in [1.165, 1.54) is 18.6 Å². The lowest BCUT2D eigenvalue weighted by Crippen LogP contribution is -2.86. The van der Waals surface area contributed by atoms with Crippen LogP contribution in [-0.4, -0.2) is 68.0 Å². The molecule has 0 radical (unpaired) electrons. The number of aliphatic hydroxyl groups is 1. The number of nitrogens with zero attached hydrogens (tertiary/aromatic N) is 4. The SMILES string of the molecule is O=C(CC1CC1)N1CC2(C1)[C@@H](c1ccccc1)[C@H](CO)N2C(=O)c1cnccn1. The summed E-state index contributed by atoms with van der Waals surface area (Å²) >= 11 is 0. The van der Waals surface area contributed by atoms with Crippen LogP contribution in [0.2, 0.25) is 0 Å². The summed E-state index contributed by atoms with van der Waals surface area (Å²) in [5.74, 6) is 0.454. The van der Waals surface area contributed by atoms with E-state index in [-0.39, 0.29) is 36.1 Å². The lowest BCUT2D eigenvalue weighted by Gasteiger charge is -2.70. The quantitative estimate of drug-likeness (QED) is 0.833. The molecule has 2 amide bonds. The number of aliphatic hydroxyl groups excluding tert-OH is 1. The molecule has 3 aliphatic rings. The summed E-state index contributed by atoms with van der Waals surface area (Å²) in [6.45, 7) is 0.866. The Bertz CT molecular complexity index is 910. The van der Waals surface area contributed by atoms with Crippen LogP contribution in [0.1, 0.15) is 41.2 Å². The molecule has 1 N–H and O–H groups in total. The first kappa shape index (κ1) is 18.2. The van der Waals surface area contributed by atoms with Crippen LogP contribution >= 0.6 is 0 Å². The van der Waals surface area contributed by atoms with Crippen molar-refractivity contribution in [3.8, 4) is 0 Å². The molecule has 2 atom stereocenters. The van der Waals surface area contributed by atoms with Crippen LogP contribution in [0.25, 0.3) is 0 Å². The van der Waals surface area contributed by atoms with E-state index in [1.54, 1.807) is 4.90 Å². The van der Waals surface area contributed by atoms with Gasteiger partial charge in [0.1, 0.15) is 5.69 Å². The molecule has 2 aromatic rings. The highest BCUT2D eigenvalue weighted by Crippen LogP contribution is 2.54. The molecule has 0 unspecified atom stereocenters. The minimum atomic E-state index is -0.497. The van der Waals surface area contributed by atoms with Gasteiger partial charge in [0.15, 0.2) is 0 Å². The van der Waals surface area contributed by atoms with Gasteiger partial charge in [0.2, 0.25) is 5.91 Å². The first-order valence-electron chi connectivity index (χ1n) is 10.2. The van der Waals surface area contributed by atoms with Gasteiger partial charge in [0.05, 0.1) is 24.4 Å². The van der Waals surface area contributed by atoms with Gasteiger partial charge in [-0.1, -0.05) is 30.3 Å². The molecule has 2 aliphatic heterocycles. The lowest BCUT2D eigenvalue weighted by atomic mass is 9.60. The van der Waals surface area contributed by atoms with E-state index in [0.29, 0.717) is 25.4 Å². The van der Waals surface area contributed by atoms with Gasteiger partial charge < -0.3 is 14.9 Å². The monoisotopic (exact) mass is 392 g/mol. The fourth-order valence-electron chi connectivity index (χ4n) is 5.01. The van der Waals surface area contributed by atoms with Crippen LogP contribution in [0.4, 0.5) is 0 Å². The fraction of sp³-hybridized carbons (Fsp3) is 0.455. The molecule has 150 valence electrons. The van der Waals surface area contributed by atoms with E-state index >= 15 is 0 Å². The summed E-state index contributed by atoms with van der Waals surface area (Å²) in [5, 5.41) is 10.1. The summed E-state index contributed by atoms with van der Waals surface area (Å²) in [6.07, 6.45) is 7.36. The topological polar surface area (TPSA) is 86.6 Å². The zero-order valence-electron chi connectivity index (χ0n) is 16.1. The maximum atomic E-state index is 13.3. The summed E-state index contributed by atoms with van der Waals surface area (Å²) in [4.78, 5) is 37.6. The van der Waals surface area contributed by atoms with Crippen LogP contribution in [0.15, 0.2) is 48.9 Å². The van der Waals surface area contributed by atoms with Crippen molar-refractivity contribution in [2.45, 2.75) is 36.8 Å². The smallest absolute Gasteiger partial charge is 0.275 e. The summed E-state index contributed by atoms with van der Waals surface area (Å²) in [5.41, 5.74) is 0.853. The number of carbonyl (C=O) groups is 2. The van der Waals surface area contributed by atoms with Gasteiger partial charge in [0, 0.05) is 37.8 Å². The van der Waals surface area contributed by atoms with Crippen LogP contribution in [0.3, 0.4) is 0 Å². The normalized spacial score (nSPS) is 24.7. The van der Waals surface area contributed by atoms with Crippen LogP contribution in [0, 0.1) is 5.92 Å². The number of rotatable bonds is 5. The lowest BCUT2D eigenvalue weighted by molar-refractivity contribution is -0.178. The van der Waals surface area contributed by atoms with E-state index in [2.05, 4.69) is 9.97 Å². The van der Waals surface area contributed by atoms with Gasteiger partial charge in [-0.2, -0.15) is 0 Å². The molecule has 1 aromatic heterocycles. The minimum absolute atomic E-state index is 0.0145. The number of carbonyl (C=O) groups excluding carboxylic acids is 2. The average Bonchev–Trinajstić information content (AvgIpc) is 3.52. The first-order chi connectivity index (χ1) is 14.1. The average molecular weight is 392 g/mol. The molecule has 0 bridgehead atoms. The first-order valence-corrected chi connectivity index (χ1v) is 10.2. The van der Waals surface area contributed by atoms with Gasteiger partial charge in [-0.15, -0.1) is 0 Å². The summed E-state index contributed by atoms with van der Waals surface area (Å²) < 4.78 is 0. The Morgan fingerprint density at radius 1 is 1.14 bits per heavy atom. The second kappa shape index (κ2) is 6.91. The van der Waals surface area contributed by atoms with Crippen molar-refractivity contribution in [1.29, 1.82) is 0 Å². The van der Waals surface area contributed by atoms with Crippen LogP contribution in [-0.2, 0) is 4.79 Å². The van der Waals surface area contributed by atoms with Crippen molar-refractivity contribution < 1.29 is 14.7 Å². The largest absolute Gasteiger partial charge is 0.394 e. The van der Waals surface area contributed by atoms with Crippen LogP contribution in [0.5, 0.6) is 0 Å². The third-order valence-corrected chi connectivity index (χ3v) is 6.56. The Labute approximate surface area is 169 Å². The van der Waals surface area contributed by atoms with E-state index in [9.17, 15) is 14.7 Å². The highest BCUT2D eigenvalue weighted by Gasteiger charge is 2.68. The van der Waals surface area contributed by atoms with Gasteiger partial charge >= 0.3 is 0 Å². The van der Waals surface area contributed by atoms with Crippen LogP contribution < -0.4 is 0 Å². The molecule has 5 rings (SSSR count). The Hall–Kier alpha value is -2.80. The fourth-order valence-corrected chi connectivity index (χ4v) is 5.01. The molecule has 1 saturated carbocycles. The number of likely N-dealkylation sites (tertiary alicyclic amines) is 2. The van der Waals surface area contributed by atoms with Crippen molar-refractivity contribution in [1.82, 2.24) is 19.8 Å². The van der Waals surface area contributed by atoms with E-state index in [0.717, 1.165) is 18.4 Å². The van der Waals surface area contributed by atoms with Crippen molar-refractivity contribution >= 4 is 11.8 Å². The number of amides is 2. The van der Waals surface area contributed by atoms with Gasteiger partial charge in [-0.3, -0.25) is 14.6 Å². The molecule has 3 fully saturated rings. The predicted molar refractivity (Wildman–Crippen MR) is 105 cm³/mol. The van der Waals surface area contributed by atoms with Gasteiger partial charge in [0.25, 0.3) is 5.91 Å². The van der Waals surface area contributed by atoms with E-state index < -0.39 is 5.54 Å². The predicted octanol–water partition coefficient (Wildman–Crippen LogP) is 1.46. The van der Waals surface area contributed by atoms with E-state index in [1.807, 2.05) is 35.2 Å². The third-order valence-electron chi connectivity index (χ3n) is 6.56. The highest BCUT2D eigenvalue weighted by molar-refractivity contribution is 5.94. The molecular formula is C22H24N4O3. The zero-order valence-corrected chi connectivity index (χ0v) is 16.1. The summed E-state index contributed by atoms with van der Waals surface area (Å²) in [7, 11) is 0. The van der Waals surface area contributed by atoms with Crippen molar-refractivity contribution in [3.05, 3.63) is 60.2 Å². The zero-order chi connectivity index (χ0) is 20.0. The van der Waals surface area contributed by atoms with E-state index in [4.69, 9.17) is 0 Å². The number of hydrogen-bond donors (Lipinski definition) is 1. The third kappa shape index (κ3) is 2.92. The molecule has 7 nitrogen and oxygen atoms in total. The second-order valence-corrected chi connectivity index (χ2v) is 8.40. The summed E-state index contributed by atoms with van der Waals surface area (Å²) in [6, 6.07) is 9.63. The van der Waals surface area contributed by atoms with Gasteiger partial charge in [-0.05, 0) is 24.3 Å². The maximum absolute atomic E-state index is 13.3. The molecule has 2 saturated heterocycles. The molecular weight excluding hydrogens is 368 g/mol. The maximum Gasteiger partial charge on any atom is 0.275 e. The Balaban J connectivity index is 1.45. The molecule has 7 heteroatoms. The number of aromatic nitrogens is 2. The van der Waals surface area contributed by atoms with Crippen molar-refractivity contribution in [2.24, 2.45) is 5.92 Å². The van der Waals surface area contributed by atoms with Crippen molar-refractivity contribution in [2.75, 3.05) is 19.7 Å². The number of benzene rings is 1. The van der Waals surface area contributed by atoms with Gasteiger partial charge in [-0.25, -0.2) is 4.98 Å². The Morgan fingerprint density at radius 3 is 2.52 bits per heavy atom. The molecule has 29 heavy (non-hydrogen) atoms. The van der Waals surface area contributed by atoms with Crippen molar-refractivity contribution in [3.63, 3.8) is 0 Å². The minimum Gasteiger partial charge on any atom is -0.394 e. The number of hydrogen-bond acceptors (Lipinski definition) is 5. The standard InChI is InChI=1S/C22H24N4O3/c27-12-18-20(16-4-2-1-3-5-16)22(13-25(14-22)19(28)10-15-6-7-15)26(18)21(29)17-11-23-8-9-24-17/h1-5,8-9,11,15,18,20,27H,6-7,10,12-14H2/t18-,20-/m0/s1. The Kier molecular flexibility index (Phi) is 4.35. The molecule has 3 heterocycles. The molecule has 1 spiro atoms. The molecule has 1 aliphatic carbocycles. The highest BCUT2D eigenvalue weighted by atomic mass is 16.3.